The van der Waals surface area contributed by atoms with Crippen LogP contribution in [0.15, 0.2) is 24.3 Å². The first kappa shape index (κ1) is 21.1. The zero-order valence-corrected chi connectivity index (χ0v) is 16.5. The summed E-state index contributed by atoms with van der Waals surface area (Å²) in [7, 11) is 0. The number of piperazine rings is 1. The highest BCUT2D eigenvalue weighted by Crippen LogP contribution is 2.28. The lowest BCUT2D eigenvalue weighted by Crippen LogP contribution is -2.47. The van der Waals surface area contributed by atoms with E-state index in [1.807, 2.05) is 23.1 Å². The van der Waals surface area contributed by atoms with Crippen LogP contribution < -0.4 is 20.4 Å². The number of aromatic nitrogens is 2. The number of hydrogen-bond acceptors (Lipinski definition) is 10. The van der Waals surface area contributed by atoms with E-state index in [4.69, 9.17) is 10.2 Å². The van der Waals surface area contributed by atoms with Crippen molar-refractivity contribution in [3.63, 3.8) is 0 Å². The molecule has 1 aromatic heterocycles. The monoisotopic (exact) mass is 408 g/mol. The fraction of sp³-hybridized carbons (Fsp3) is 0.400. The third-order valence-electron chi connectivity index (χ3n) is 4.75. The van der Waals surface area contributed by atoms with E-state index < -0.39 is 0 Å². The van der Waals surface area contributed by atoms with Crippen LogP contribution in [-0.2, 0) is 0 Å². The van der Waals surface area contributed by atoms with Crippen molar-refractivity contribution < 1.29 is 10.2 Å². The Morgan fingerprint density at radius 3 is 2.23 bits per heavy atom. The predicted octanol–water partition coefficient (Wildman–Crippen LogP) is 0.355. The highest BCUT2D eigenvalue weighted by Gasteiger charge is 2.24. The number of hydrogen-bond donors (Lipinski definition) is 4. The van der Waals surface area contributed by atoms with E-state index >= 15 is 0 Å². The second kappa shape index (κ2) is 10.3. The molecule has 1 aliphatic heterocycles. The molecule has 0 spiro atoms. The van der Waals surface area contributed by atoms with Gasteiger partial charge in [0, 0.05) is 39.3 Å². The van der Waals surface area contributed by atoms with Gasteiger partial charge in [0.2, 0.25) is 5.95 Å². The van der Waals surface area contributed by atoms with Crippen molar-refractivity contribution in [1.29, 1.82) is 10.5 Å². The van der Waals surface area contributed by atoms with Crippen LogP contribution in [-0.4, -0.2) is 72.7 Å². The van der Waals surface area contributed by atoms with Crippen LogP contribution in [0.3, 0.4) is 0 Å². The standard InChI is InChI=1S/C20H24N8O2/c21-13-15-3-1-2-4-17(15)27-7-9-28(10-8-27)19-16(14-22)18(23-5-11-29)25-20(26-19)24-6-12-30/h1-4,29-30H,5-12H2,(H2,23,24,25,26). The lowest BCUT2D eigenvalue weighted by Gasteiger charge is -2.37. The summed E-state index contributed by atoms with van der Waals surface area (Å²) < 4.78 is 0. The summed E-state index contributed by atoms with van der Waals surface area (Å²) in [6, 6.07) is 11.9. The van der Waals surface area contributed by atoms with Gasteiger partial charge in [0.25, 0.3) is 0 Å². The molecule has 1 fully saturated rings. The lowest BCUT2D eigenvalue weighted by molar-refractivity contribution is 0.311. The largest absolute Gasteiger partial charge is 0.395 e. The first-order valence-electron chi connectivity index (χ1n) is 9.72. The summed E-state index contributed by atoms with van der Waals surface area (Å²) in [6.45, 7) is 2.94. The molecule has 0 bridgehead atoms. The molecule has 1 aliphatic rings. The summed E-state index contributed by atoms with van der Waals surface area (Å²) in [4.78, 5) is 13.0. The van der Waals surface area contributed by atoms with E-state index in [2.05, 4.69) is 37.6 Å². The summed E-state index contributed by atoms with van der Waals surface area (Å²) in [5.74, 6) is 1.14. The number of benzene rings is 1. The smallest absolute Gasteiger partial charge is 0.226 e. The molecule has 0 unspecified atom stereocenters. The Bertz CT molecular complexity index is 945. The molecule has 1 aromatic carbocycles. The predicted molar refractivity (Wildman–Crippen MR) is 113 cm³/mol. The van der Waals surface area contributed by atoms with E-state index in [0.717, 1.165) is 5.69 Å². The SMILES string of the molecule is N#Cc1ccccc1N1CCN(c2nc(NCCO)nc(NCCO)c2C#N)CC1. The molecule has 4 N–H and O–H groups in total. The number of aliphatic hydroxyl groups excluding tert-OH is 2. The van der Waals surface area contributed by atoms with E-state index in [0.29, 0.717) is 54.9 Å². The van der Waals surface area contributed by atoms with Gasteiger partial charge in [-0.25, -0.2) is 0 Å². The van der Waals surface area contributed by atoms with Gasteiger partial charge in [0.1, 0.15) is 17.7 Å². The summed E-state index contributed by atoms with van der Waals surface area (Å²) in [6.07, 6.45) is 0. The zero-order valence-electron chi connectivity index (χ0n) is 16.5. The maximum atomic E-state index is 9.73. The third-order valence-corrected chi connectivity index (χ3v) is 4.75. The maximum Gasteiger partial charge on any atom is 0.226 e. The van der Waals surface area contributed by atoms with Gasteiger partial charge in [0.15, 0.2) is 11.6 Å². The summed E-state index contributed by atoms with van der Waals surface area (Å²) >= 11 is 0. The van der Waals surface area contributed by atoms with Crippen molar-refractivity contribution >= 4 is 23.3 Å². The fourth-order valence-corrected chi connectivity index (χ4v) is 3.33. The van der Waals surface area contributed by atoms with Crippen molar-refractivity contribution in [2.45, 2.75) is 0 Å². The topological polar surface area (TPSA) is 144 Å². The van der Waals surface area contributed by atoms with E-state index in [1.54, 1.807) is 6.07 Å². The Balaban J connectivity index is 1.84. The number of nitriles is 2. The Morgan fingerprint density at radius 2 is 1.57 bits per heavy atom. The molecule has 2 aromatic rings. The average Bonchev–Trinajstić information content (AvgIpc) is 2.81. The molecule has 2 heterocycles. The second-order valence-corrected chi connectivity index (χ2v) is 6.61. The third kappa shape index (κ3) is 4.69. The average molecular weight is 408 g/mol. The number of para-hydroxylation sites is 1. The Labute approximate surface area is 175 Å². The van der Waals surface area contributed by atoms with Crippen LogP contribution in [0.25, 0.3) is 0 Å². The number of nitrogens with one attached hydrogen (secondary N) is 2. The second-order valence-electron chi connectivity index (χ2n) is 6.61. The Morgan fingerprint density at radius 1 is 0.900 bits per heavy atom. The van der Waals surface area contributed by atoms with Gasteiger partial charge in [-0.3, -0.25) is 0 Å². The zero-order chi connectivity index (χ0) is 21.3. The number of aliphatic hydroxyl groups is 2. The molecule has 0 atom stereocenters. The first-order chi connectivity index (χ1) is 14.7. The van der Waals surface area contributed by atoms with Gasteiger partial charge in [-0.2, -0.15) is 20.5 Å². The molecular formula is C20H24N8O2. The summed E-state index contributed by atoms with van der Waals surface area (Å²) in [5, 5.41) is 43.2. The maximum absolute atomic E-state index is 9.73. The lowest BCUT2D eigenvalue weighted by atomic mass is 10.1. The summed E-state index contributed by atoms with van der Waals surface area (Å²) in [5.41, 5.74) is 1.85. The molecule has 1 saturated heterocycles. The minimum atomic E-state index is -0.0966. The highest BCUT2D eigenvalue weighted by molar-refractivity contribution is 5.69. The van der Waals surface area contributed by atoms with Crippen LogP contribution in [0, 0.1) is 22.7 Å². The van der Waals surface area contributed by atoms with Crippen LogP contribution >= 0.6 is 0 Å². The fourth-order valence-electron chi connectivity index (χ4n) is 3.33. The van der Waals surface area contributed by atoms with E-state index in [9.17, 15) is 10.5 Å². The van der Waals surface area contributed by atoms with Crippen LogP contribution in [0.5, 0.6) is 0 Å². The van der Waals surface area contributed by atoms with Crippen molar-refractivity contribution in [3.8, 4) is 12.1 Å². The van der Waals surface area contributed by atoms with Crippen molar-refractivity contribution in [2.24, 2.45) is 0 Å². The minimum Gasteiger partial charge on any atom is -0.395 e. The van der Waals surface area contributed by atoms with Crippen LogP contribution in [0.1, 0.15) is 11.1 Å². The molecule has 0 amide bonds. The highest BCUT2D eigenvalue weighted by atomic mass is 16.3. The molecule has 156 valence electrons. The number of anilines is 4. The molecule has 0 aliphatic carbocycles. The van der Waals surface area contributed by atoms with Gasteiger partial charge in [-0.05, 0) is 12.1 Å². The molecule has 10 nitrogen and oxygen atoms in total. The van der Waals surface area contributed by atoms with Gasteiger partial charge in [-0.15, -0.1) is 0 Å². The van der Waals surface area contributed by atoms with E-state index in [-0.39, 0.29) is 26.3 Å². The van der Waals surface area contributed by atoms with Crippen molar-refractivity contribution in [1.82, 2.24) is 9.97 Å². The van der Waals surface area contributed by atoms with Gasteiger partial charge < -0.3 is 30.6 Å². The van der Waals surface area contributed by atoms with Crippen LogP contribution in [0.2, 0.25) is 0 Å². The van der Waals surface area contributed by atoms with Gasteiger partial charge in [0.05, 0.1) is 24.5 Å². The molecule has 30 heavy (non-hydrogen) atoms. The van der Waals surface area contributed by atoms with Gasteiger partial charge in [-0.1, -0.05) is 12.1 Å². The quantitative estimate of drug-likeness (QED) is 0.483. The molecule has 3 rings (SSSR count). The molecule has 0 radical (unpaired) electrons. The van der Waals surface area contributed by atoms with E-state index in [1.165, 1.54) is 0 Å². The van der Waals surface area contributed by atoms with Crippen molar-refractivity contribution in [2.75, 3.05) is 72.9 Å². The number of nitrogens with zero attached hydrogens (tertiary/aromatic N) is 6. The van der Waals surface area contributed by atoms with Crippen molar-refractivity contribution in [3.05, 3.63) is 35.4 Å². The normalized spacial score (nSPS) is 13.5. The van der Waals surface area contributed by atoms with Crippen LogP contribution in [0.4, 0.5) is 23.3 Å². The molecular weight excluding hydrogens is 384 g/mol. The molecule has 0 saturated carbocycles. The molecule has 10 heteroatoms. The Kier molecular flexibility index (Phi) is 7.22. The van der Waals surface area contributed by atoms with Gasteiger partial charge >= 0.3 is 0 Å². The Hall–Kier alpha value is -3.60. The number of rotatable bonds is 8. The minimum absolute atomic E-state index is 0.0743. The first-order valence-corrected chi connectivity index (χ1v) is 9.72.